The lowest BCUT2D eigenvalue weighted by Gasteiger charge is -2.23. The second-order valence-corrected chi connectivity index (χ2v) is 11.8. The lowest BCUT2D eigenvalue weighted by Crippen LogP contribution is -2.30. The standard InChI is InChI=1S/C25H20F3N5O5S3/c1-36-20-11-18(38-30)5-3-15(20)13-33(24-31-14-32-40-24)41(34,35)19-6-8-22(16(9-19)12-29)39-23-7-4-17(25(26,27)28)10-21(23)37-2/h3-11,14H,13,30H2,1-2H3. The zero-order valence-electron chi connectivity index (χ0n) is 21.2. The van der Waals surface area contributed by atoms with Gasteiger partial charge in [-0.3, -0.25) is 0 Å². The molecule has 0 radical (unpaired) electrons. The molecule has 0 fully saturated rings. The molecule has 0 aliphatic carbocycles. The Morgan fingerprint density at radius 3 is 2.39 bits per heavy atom. The van der Waals surface area contributed by atoms with Crippen molar-refractivity contribution in [3.8, 4) is 23.3 Å². The lowest BCUT2D eigenvalue weighted by molar-refractivity contribution is -0.137. The van der Waals surface area contributed by atoms with Gasteiger partial charge in [0.05, 0.1) is 41.7 Å². The summed E-state index contributed by atoms with van der Waals surface area (Å²) in [6, 6.07) is 13.4. The largest absolute Gasteiger partial charge is 0.496 e. The van der Waals surface area contributed by atoms with E-state index in [1.807, 2.05) is 6.07 Å². The van der Waals surface area contributed by atoms with Crippen molar-refractivity contribution in [1.82, 2.24) is 9.36 Å². The van der Waals surface area contributed by atoms with E-state index in [-0.39, 0.29) is 27.9 Å². The van der Waals surface area contributed by atoms with Crippen LogP contribution in [-0.4, -0.2) is 32.0 Å². The van der Waals surface area contributed by atoms with Crippen LogP contribution in [0.3, 0.4) is 0 Å². The lowest BCUT2D eigenvalue weighted by atomic mass is 10.2. The summed E-state index contributed by atoms with van der Waals surface area (Å²) in [7, 11) is -1.66. The number of aromatic nitrogens is 2. The summed E-state index contributed by atoms with van der Waals surface area (Å²) in [5, 5.41) is 9.90. The normalized spacial score (nSPS) is 11.5. The maximum atomic E-state index is 13.9. The summed E-state index contributed by atoms with van der Waals surface area (Å²) >= 11 is 1.82. The van der Waals surface area contributed by atoms with Crippen molar-refractivity contribution in [2.75, 3.05) is 18.5 Å². The molecule has 10 nitrogen and oxygen atoms in total. The molecule has 0 atom stereocenters. The fourth-order valence-electron chi connectivity index (χ4n) is 3.64. The Labute approximate surface area is 241 Å². The number of methoxy groups -OCH3 is 2. The van der Waals surface area contributed by atoms with Gasteiger partial charge < -0.3 is 14.3 Å². The number of benzene rings is 3. The van der Waals surface area contributed by atoms with E-state index in [4.69, 9.17) is 20.2 Å². The van der Waals surface area contributed by atoms with Gasteiger partial charge in [-0.15, -0.1) is 0 Å². The first-order valence-electron chi connectivity index (χ1n) is 11.3. The molecule has 2 N–H and O–H groups in total. The quantitative estimate of drug-likeness (QED) is 0.233. The van der Waals surface area contributed by atoms with Gasteiger partial charge in [-0.1, -0.05) is 11.8 Å². The Bertz CT molecular complexity index is 1690. The summed E-state index contributed by atoms with van der Waals surface area (Å²) in [6.45, 7) is -0.202. The van der Waals surface area contributed by atoms with Gasteiger partial charge in [0.1, 0.15) is 23.9 Å². The van der Waals surface area contributed by atoms with Crippen molar-refractivity contribution < 1.29 is 35.9 Å². The number of alkyl halides is 3. The van der Waals surface area contributed by atoms with E-state index in [2.05, 4.69) is 9.36 Å². The van der Waals surface area contributed by atoms with Crippen LogP contribution in [0, 0.1) is 11.3 Å². The van der Waals surface area contributed by atoms with Gasteiger partial charge in [-0.25, -0.2) is 17.7 Å². The number of halogens is 3. The molecule has 16 heteroatoms. The van der Waals surface area contributed by atoms with E-state index in [1.54, 1.807) is 6.07 Å². The first kappa shape index (κ1) is 29.9. The van der Waals surface area contributed by atoms with E-state index in [0.29, 0.717) is 26.9 Å². The van der Waals surface area contributed by atoms with Gasteiger partial charge in [0, 0.05) is 28.1 Å². The van der Waals surface area contributed by atoms with Crippen LogP contribution in [0.2, 0.25) is 0 Å². The molecule has 41 heavy (non-hydrogen) atoms. The Balaban J connectivity index is 1.71. The van der Waals surface area contributed by atoms with Crippen LogP contribution in [0.1, 0.15) is 16.7 Å². The van der Waals surface area contributed by atoms with Crippen molar-refractivity contribution in [2.45, 2.75) is 27.4 Å². The van der Waals surface area contributed by atoms with Crippen molar-refractivity contribution in [2.24, 2.45) is 5.90 Å². The van der Waals surface area contributed by atoms with Crippen LogP contribution < -0.4 is 24.5 Å². The molecule has 4 rings (SSSR count). The molecule has 0 bridgehead atoms. The third kappa shape index (κ3) is 6.49. The number of hydrogen-bond donors (Lipinski definition) is 1. The molecule has 0 saturated carbocycles. The molecular weight excluding hydrogens is 604 g/mol. The molecule has 1 heterocycles. The first-order valence-corrected chi connectivity index (χ1v) is 14.3. The second-order valence-electron chi connectivity index (χ2n) is 8.06. The highest BCUT2D eigenvalue weighted by Gasteiger charge is 2.32. The molecule has 0 spiro atoms. The molecule has 1 aromatic heterocycles. The van der Waals surface area contributed by atoms with Crippen LogP contribution in [-0.2, 0) is 22.7 Å². The minimum absolute atomic E-state index is 0.0164. The Kier molecular flexibility index (Phi) is 8.92. The molecule has 0 saturated heterocycles. The van der Waals surface area contributed by atoms with Crippen molar-refractivity contribution in [1.29, 1.82) is 5.26 Å². The van der Waals surface area contributed by atoms with E-state index in [0.717, 1.165) is 39.7 Å². The maximum Gasteiger partial charge on any atom is 0.416 e. The predicted octanol–water partition coefficient (Wildman–Crippen LogP) is 5.24. The third-order valence-corrected chi connectivity index (χ3v) is 9.31. The van der Waals surface area contributed by atoms with Crippen LogP contribution in [0.25, 0.3) is 0 Å². The third-order valence-electron chi connectivity index (χ3n) is 5.64. The van der Waals surface area contributed by atoms with Crippen molar-refractivity contribution in [3.05, 3.63) is 77.6 Å². The molecule has 0 unspecified atom stereocenters. The minimum atomic E-state index is -4.56. The number of nitriles is 1. The van der Waals surface area contributed by atoms with Gasteiger partial charge in [0.2, 0.25) is 5.13 Å². The Hall–Kier alpha value is -4.04. The van der Waals surface area contributed by atoms with Gasteiger partial charge in [-0.2, -0.15) is 28.7 Å². The minimum Gasteiger partial charge on any atom is -0.496 e. The van der Waals surface area contributed by atoms with E-state index >= 15 is 0 Å². The van der Waals surface area contributed by atoms with Crippen molar-refractivity contribution in [3.63, 3.8) is 0 Å². The number of rotatable bonds is 10. The average molecular weight is 624 g/mol. The van der Waals surface area contributed by atoms with E-state index in [9.17, 15) is 26.9 Å². The molecule has 3 aromatic carbocycles. The fraction of sp³-hybridized carbons (Fsp3) is 0.160. The summed E-state index contributed by atoms with van der Waals surface area (Å²) in [5.74, 6) is 5.78. The zero-order valence-corrected chi connectivity index (χ0v) is 23.7. The predicted molar refractivity (Wildman–Crippen MR) is 144 cm³/mol. The number of nitrogens with zero attached hydrogens (tertiary/aromatic N) is 4. The Morgan fingerprint density at radius 2 is 1.78 bits per heavy atom. The van der Waals surface area contributed by atoms with Gasteiger partial charge in [-0.05, 0) is 48.5 Å². The van der Waals surface area contributed by atoms with E-state index < -0.39 is 21.8 Å². The topological polar surface area (TPSA) is 141 Å². The molecule has 0 amide bonds. The average Bonchev–Trinajstić information content (AvgIpc) is 3.50. The molecule has 4 aromatic rings. The van der Waals surface area contributed by atoms with Gasteiger partial charge in [0.25, 0.3) is 10.0 Å². The highest BCUT2D eigenvalue weighted by atomic mass is 32.2. The number of nitrogens with two attached hydrogens (primary N) is 1. The van der Waals surface area contributed by atoms with Crippen LogP contribution >= 0.6 is 23.3 Å². The van der Waals surface area contributed by atoms with Crippen LogP contribution in [0.15, 0.2) is 75.6 Å². The second kappa shape index (κ2) is 12.2. The van der Waals surface area contributed by atoms with Crippen molar-refractivity contribution >= 4 is 38.4 Å². The molecule has 0 aliphatic rings. The highest BCUT2D eigenvalue weighted by molar-refractivity contribution is 7.99. The highest BCUT2D eigenvalue weighted by Crippen LogP contribution is 2.41. The van der Waals surface area contributed by atoms with Crippen LogP contribution in [0.5, 0.6) is 17.2 Å². The smallest absolute Gasteiger partial charge is 0.416 e. The zero-order chi connectivity index (χ0) is 29.8. The number of ether oxygens (including phenoxy) is 2. The maximum absolute atomic E-state index is 13.9. The first-order chi connectivity index (χ1) is 19.5. The summed E-state index contributed by atoms with van der Waals surface area (Å²) in [5.41, 5.74) is -0.439. The monoisotopic (exact) mass is 623 g/mol. The summed E-state index contributed by atoms with van der Waals surface area (Å²) < 4.78 is 82.5. The SMILES string of the molecule is COc1cc(ON)ccc1CN(c1ncns1)S(=O)(=O)c1ccc(Sc2ccc(C(F)(F)F)cc2OC)c(C#N)c1. The number of anilines is 1. The molecule has 214 valence electrons. The molecular formula is C25H20F3N5O5S3. The Morgan fingerprint density at radius 1 is 1.05 bits per heavy atom. The fourth-order valence-corrected chi connectivity index (χ4v) is 6.76. The number of sulfonamides is 1. The van der Waals surface area contributed by atoms with Crippen LogP contribution in [0.4, 0.5) is 18.3 Å². The number of hydrogen-bond acceptors (Lipinski definition) is 11. The van der Waals surface area contributed by atoms with E-state index in [1.165, 1.54) is 56.9 Å². The summed E-state index contributed by atoms with van der Waals surface area (Å²) in [6.07, 6.45) is -3.35. The summed E-state index contributed by atoms with van der Waals surface area (Å²) in [4.78, 5) is 9.18. The molecule has 0 aliphatic heterocycles. The van der Waals surface area contributed by atoms with Gasteiger partial charge in [0.15, 0.2) is 5.75 Å². The van der Waals surface area contributed by atoms with Gasteiger partial charge >= 0.3 is 6.18 Å².